The highest BCUT2D eigenvalue weighted by Gasteiger charge is 2.73. The van der Waals surface area contributed by atoms with E-state index >= 15 is 0 Å². The van der Waals surface area contributed by atoms with Crippen LogP contribution in [-0.4, -0.2) is 20.8 Å². The predicted octanol–water partition coefficient (Wildman–Crippen LogP) is 7.62. The molecule has 4 nitrogen and oxygen atoms in total. The fourth-order valence-electron chi connectivity index (χ4n) is 5.18. The number of sulfone groups is 1. The van der Waals surface area contributed by atoms with Crippen molar-refractivity contribution in [2.45, 2.75) is 59.9 Å². The van der Waals surface area contributed by atoms with Crippen molar-refractivity contribution in [3.63, 3.8) is 0 Å². The van der Waals surface area contributed by atoms with Crippen molar-refractivity contribution in [3.05, 3.63) is 101 Å². The number of halogens is 8. The van der Waals surface area contributed by atoms with E-state index in [0.29, 0.717) is 25.0 Å². The number of hydrogen-bond acceptors (Lipinski definition) is 4. The van der Waals surface area contributed by atoms with Gasteiger partial charge in [0.15, 0.2) is 9.84 Å². The molecule has 0 saturated heterocycles. The average Bonchev–Trinajstić information content (AvgIpc) is 3.41. The quantitative estimate of drug-likeness (QED) is 0.206. The van der Waals surface area contributed by atoms with Crippen LogP contribution in [0.5, 0.6) is 0 Å². The maximum atomic E-state index is 14.3. The fraction of sp³-hybridized carbons (Fsp3) is 0.321. The van der Waals surface area contributed by atoms with Crippen LogP contribution in [-0.2, 0) is 31.5 Å². The van der Waals surface area contributed by atoms with Gasteiger partial charge in [0.05, 0.1) is 23.1 Å². The lowest BCUT2D eigenvalue weighted by atomic mass is 9.88. The second-order valence-electron chi connectivity index (χ2n) is 9.62. The first-order chi connectivity index (χ1) is 19.1. The molecule has 0 radical (unpaired) electrons. The highest BCUT2D eigenvalue weighted by molar-refractivity contribution is 7.92. The molecule has 0 bridgehead atoms. The molecule has 13 heteroatoms. The molecule has 0 amide bonds. The lowest BCUT2D eigenvalue weighted by Gasteiger charge is -2.38. The van der Waals surface area contributed by atoms with Gasteiger partial charge in [0, 0.05) is 11.1 Å². The molecular formula is C28H21F8NO3S. The molecule has 3 aromatic carbocycles. The van der Waals surface area contributed by atoms with Gasteiger partial charge in [-0.25, -0.2) is 17.2 Å². The Labute approximate surface area is 230 Å². The van der Waals surface area contributed by atoms with Crippen LogP contribution in [0.3, 0.4) is 0 Å². The van der Waals surface area contributed by atoms with E-state index in [1.165, 1.54) is 0 Å². The summed E-state index contributed by atoms with van der Waals surface area (Å²) in [5.41, 5.74) is -7.25. The Bertz CT molecular complexity index is 1540. The summed E-state index contributed by atoms with van der Waals surface area (Å²) in [6, 6.07) is 10.8. The molecule has 1 aliphatic carbocycles. The zero-order valence-electron chi connectivity index (χ0n) is 21.0. The zero-order chi connectivity index (χ0) is 30.3. The molecule has 0 atom stereocenters. The first-order valence-corrected chi connectivity index (χ1v) is 13.6. The van der Waals surface area contributed by atoms with E-state index in [9.17, 15) is 43.5 Å². The Morgan fingerprint density at radius 2 is 1.39 bits per heavy atom. The van der Waals surface area contributed by atoms with Gasteiger partial charge in [-0.2, -0.15) is 31.6 Å². The Morgan fingerprint density at radius 3 is 1.90 bits per heavy atom. The van der Waals surface area contributed by atoms with Crippen LogP contribution in [0, 0.1) is 23.0 Å². The Kier molecular flexibility index (Phi) is 7.97. The first kappa shape index (κ1) is 30.5. The molecule has 0 N–H and O–H groups in total. The number of alkyl halides is 6. The summed E-state index contributed by atoms with van der Waals surface area (Å²) >= 11 is 0. The van der Waals surface area contributed by atoms with Gasteiger partial charge < -0.3 is 4.74 Å². The Hall–Kier alpha value is -3.50. The maximum absolute atomic E-state index is 14.3. The van der Waals surface area contributed by atoms with Crippen molar-refractivity contribution in [2.24, 2.45) is 0 Å². The van der Waals surface area contributed by atoms with Gasteiger partial charge >= 0.3 is 12.4 Å². The van der Waals surface area contributed by atoms with Crippen LogP contribution < -0.4 is 0 Å². The first-order valence-electron chi connectivity index (χ1n) is 12.2. The van der Waals surface area contributed by atoms with E-state index < -0.39 is 61.9 Å². The van der Waals surface area contributed by atoms with Crippen molar-refractivity contribution in [1.29, 1.82) is 5.26 Å². The number of rotatable bonds is 7. The molecule has 0 aliphatic heterocycles. The Balaban J connectivity index is 1.81. The number of nitrogens with zero attached hydrogens (tertiary/aromatic N) is 1. The van der Waals surface area contributed by atoms with Gasteiger partial charge in [-0.05, 0) is 60.9 Å². The van der Waals surface area contributed by atoms with Crippen molar-refractivity contribution in [3.8, 4) is 6.07 Å². The van der Waals surface area contributed by atoms with Crippen LogP contribution in [0.4, 0.5) is 35.1 Å². The van der Waals surface area contributed by atoms with Crippen LogP contribution in [0.2, 0.25) is 0 Å². The standard InChI is InChI=1S/C28H21F8NO3S/c29-22-8-10-23(11-9-22)41(38,39)25(13-1-2-14-25)20-4-6-21(7-5-20)26(27(31,32)33,28(34,35)36)40-17-19-15-18(16-37)3-12-24(19)30/h3-12,15H,1-2,13-14,17H2. The summed E-state index contributed by atoms with van der Waals surface area (Å²) in [6.45, 7) is -1.48. The second-order valence-corrected chi connectivity index (χ2v) is 11.9. The molecule has 0 aromatic heterocycles. The van der Waals surface area contributed by atoms with Gasteiger partial charge in [-0.3, -0.25) is 0 Å². The highest BCUT2D eigenvalue weighted by Crippen LogP contribution is 2.54. The molecule has 0 heterocycles. The normalized spacial score (nSPS) is 16.0. The zero-order valence-corrected chi connectivity index (χ0v) is 21.8. The van der Waals surface area contributed by atoms with Crippen LogP contribution in [0.1, 0.15) is 47.9 Å². The maximum Gasteiger partial charge on any atom is 0.430 e. The minimum Gasteiger partial charge on any atom is -0.349 e. The molecule has 3 aromatic rings. The topological polar surface area (TPSA) is 67.2 Å². The van der Waals surface area contributed by atoms with Gasteiger partial charge in [0.2, 0.25) is 0 Å². The third-order valence-corrected chi connectivity index (χ3v) is 9.85. The van der Waals surface area contributed by atoms with Crippen LogP contribution >= 0.6 is 0 Å². The number of nitriles is 1. The summed E-state index contributed by atoms with van der Waals surface area (Å²) in [7, 11) is -4.24. The minimum atomic E-state index is -6.08. The van der Waals surface area contributed by atoms with E-state index in [4.69, 9.17) is 5.26 Å². The number of hydrogen-bond donors (Lipinski definition) is 0. The molecule has 1 aliphatic rings. The van der Waals surface area contributed by atoms with Crippen molar-refractivity contribution < 1.29 is 48.3 Å². The highest BCUT2D eigenvalue weighted by atomic mass is 32.2. The molecule has 4 rings (SSSR count). The van der Waals surface area contributed by atoms with Gasteiger partial charge in [0.1, 0.15) is 16.4 Å². The SMILES string of the molecule is N#Cc1ccc(F)c(COC(c2ccc(C3(S(=O)(=O)c4ccc(F)cc4)CCCC3)cc2)(C(F)(F)F)C(F)(F)F)c1. The van der Waals surface area contributed by atoms with Gasteiger partial charge in [-0.1, -0.05) is 37.1 Å². The van der Waals surface area contributed by atoms with Crippen molar-refractivity contribution >= 4 is 9.84 Å². The smallest absolute Gasteiger partial charge is 0.349 e. The monoisotopic (exact) mass is 603 g/mol. The van der Waals surface area contributed by atoms with E-state index in [-0.39, 0.29) is 28.9 Å². The summed E-state index contributed by atoms with van der Waals surface area (Å²) in [4.78, 5) is -0.241. The Morgan fingerprint density at radius 1 is 0.829 bits per heavy atom. The molecular weight excluding hydrogens is 582 g/mol. The molecule has 0 unspecified atom stereocenters. The minimum absolute atomic E-state index is 0.0333. The number of benzene rings is 3. The van der Waals surface area contributed by atoms with E-state index in [0.717, 1.165) is 54.6 Å². The van der Waals surface area contributed by atoms with E-state index in [1.54, 1.807) is 6.07 Å². The molecule has 41 heavy (non-hydrogen) atoms. The lowest BCUT2D eigenvalue weighted by Crippen LogP contribution is -2.55. The summed E-state index contributed by atoms with van der Waals surface area (Å²) in [6.07, 6.45) is -11.2. The average molecular weight is 604 g/mol. The number of ether oxygens (including phenoxy) is 1. The molecule has 218 valence electrons. The fourth-order valence-corrected chi connectivity index (χ4v) is 7.40. The molecule has 0 spiro atoms. The largest absolute Gasteiger partial charge is 0.430 e. The summed E-state index contributed by atoms with van der Waals surface area (Å²) < 4.78 is 144. The van der Waals surface area contributed by atoms with E-state index in [1.807, 2.05) is 0 Å². The van der Waals surface area contributed by atoms with E-state index in [2.05, 4.69) is 4.74 Å². The van der Waals surface area contributed by atoms with Gasteiger partial charge in [0.25, 0.3) is 5.60 Å². The molecule has 1 fully saturated rings. The molecule has 1 saturated carbocycles. The van der Waals surface area contributed by atoms with Crippen LogP contribution in [0.25, 0.3) is 0 Å². The summed E-state index contributed by atoms with van der Waals surface area (Å²) in [5.74, 6) is -1.87. The van der Waals surface area contributed by atoms with Crippen molar-refractivity contribution in [2.75, 3.05) is 0 Å². The van der Waals surface area contributed by atoms with Crippen molar-refractivity contribution in [1.82, 2.24) is 0 Å². The van der Waals surface area contributed by atoms with Gasteiger partial charge in [-0.15, -0.1) is 0 Å². The third-order valence-electron chi connectivity index (χ3n) is 7.28. The predicted molar refractivity (Wildman–Crippen MR) is 130 cm³/mol. The third kappa shape index (κ3) is 5.19. The summed E-state index contributed by atoms with van der Waals surface area (Å²) in [5, 5.41) is 8.96. The second kappa shape index (κ2) is 10.7. The van der Waals surface area contributed by atoms with Crippen LogP contribution in [0.15, 0.2) is 71.6 Å². The lowest BCUT2D eigenvalue weighted by molar-refractivity contribution is -0.392.